The Morgan fingerprint density at radius 3 is 2.61 bits per heavy atom. The third kappa shape index (κ3) is 3.32. The number of primary amides is 1. The van der Waals surface area contributed by atoms with E-state index in [2.05, 4.69) is 42.3 Å². The average molecular weight is 442 g/mol. The number of nitrogens with zero attached hydrogens (tertiary/aromatic N) is 2. The number of rotatable bonds is 4. The lowest BCUT2D eigenvalue weighted by molar-refractivity contribution is 0.100. The molecule has 3 N–H and O–H groups in total. The highest BCUT2D eigenvalue weighted by atomic mass is 79.9. The van der Waals surface area contributed by atoms with Gasteiger partial charge in [0.25, 0.3) is 11.8 Å². The topological polar surface area (TPSA) is 90.0 Å². The first-order valence-electron chi connectivity index (χ1n) is 7.03. The fourth-order valence-corrected chi connectivity index (χ4v) is 3.37. The number of benzene rings is 1. The molecular formula is C15H14Br2N4O2. The number of anilines is 1. The normalized spacial score (nSPS) is 13.9. The molecule has 0 atom stereocenters. The third-order valence-corrected chi connectivity index (χ3v) is 4.48. The maximum absolute atomic E-state index is 12.6. The summed E-state index contributed by atoms with van der Waals surface area (Å²) in [5.41, 5.74) is 7.31. The predicted octanol–water partition coefficient (Wildman–Crippen LogP) is 3.40. The Labute approximate surface area is 149 Å². The van der Waals surface area contributed by atoms with Gasteiger partial charge in [0.2, 0.25) is 0 Å². The summed E-state index contributed by atoms with van der Waals surface area (Å²) in [7, 11) is 0. The van der Waals surface area contributed by atoms with E-state index in [4.69, 9.17) is 5.73 Å². The van der Waals surface area contributed by atoms with Gasteiger partial charge in [0.1, 0.15) is 10.3 Å². The van der Waals surface area contributed by atoms with Crippen molar-refractivity contribution in [3.8, 4) is 0 Å². The van der Waals surface area contributed by atoms with Crippen molar-refractivity contribution in [1.29, 1.82) is 0 Å². The Morgan fingerprint density at radius 1 is 1.30 bits per heavy atom. The molecule has 1 saturated carbocycles. The molecule has 6 nitrogen and oxygen atoms in total. The quantitative estimate of drug-likeness (QED) is 0.761. The molecule has 1 aromatic heterocycles. The third-order valence-electron chi connectivity index (χ3n) is 3.64. The van der Waals surface area contributed by atoms with E-state index in [1.165, 1.54) is 0 Å². The van der Waals surface area contributed by atoms with Crippen molar-refractivity contribution in [3.63, 3.8) is 0 Å². The summed E-state index contributed by atoms with van der Waals surface area (Å²) >= 11 is 6.63. The molecule has 0 aliphatic heterocycles. The molecular weight excluding hydrogens is 428 g/mol. The van der Waals surface area contributed by atoms with E-state index in [-0.39, 0.29) is 17.5 Å². The molecule has 1 aliphatic carbocycles. The van der Waals surface area contributed by atoms with E-state index in [0.717, 1.165) is 22.9 Å². The standard InChI is InChI=1S/C15H14Br2N4O2/c1-7-4-8(16)5-10(14(18)22)13(7)19-15(23)11-6-12(17)20-21(11)9-2-3-9/h4-6,9H,2-3H2,1H3,(H2,18,22)(H,19,23). The molecule has 0 saturated heterocycles. The van der Waals surface area contributed by atoms with E-state index in [1.807, 2.05) is 6.07 Å². The highest BCUT2D eigenvalue weighted by Gasteiger charge is 2.29. The summed E-state index contributed by atoms with van der Waals surface area (Å²) < 4.78 is 3.06. The number of aryl methyl sites for hydroxylation is 1. The lowest BCUT2D eigenvalue weighted by Gasteiger charge is -2.13. The molecule has 23 heavy (non-hydrogen) atoms. The Balaban J connectivity index is 1.96. The van der Waals surface area contributed by atoms with Crippen LogP contribution in [-0.2, 0) is 0 Å². The largest absolute Gasteiger partial charge is 0.366 e. The van der Waals surface area contributed by atoms with Crippen molar-refractivity contribution < 1.29 is 9.59 Å². The minimum Gasteiger partial charge on any atom is -0.366 e. The maximum atomic E-state index is 12.6. The summed E-state index contributed by atoms with van der Waals surface area (Å²) in [6, 6.07) is 5.35. The van der Waals surface area contributed by atoms with E-state index in [1.54, 1.807) is 23.7 Å². The second-order valence-electron chi connectivity index (χ2n) is 5.49. The number of aromatic nitrogens is 2. The number of halogens is 2. The summed E-state index contributed by atoms with van der Waals surface area (Å²) in [5.74, 6) is -0.912. The highest BCUT2D eigenvalue weighted by molar-refractivity contribution is 9.10. The summed E-state index contributed by atoms with van der Waals surface area (Å²) in [4.78, 5) is 24.3. The fraction of sp³-hybridized carbons (Fsp3) is 0.267. The van der Waals surface area contributed by atoms with Crippen molar-refractivity contribution in [2.45, 2.75) is 25.8 Å². The van der Waals surface area contributed by atoms with Crippen LogP contribution < -0.4 is 11.1 Å². The monoisotopic (exact) mass is 440 g/mol. The second-order valence-corrected chi connectivity index (χ2v) is 7.22. The Bertz CT molecular complexity index is 812. The van der Waals surface area contributed by atoms with Gasteiger partial charge in [-0.15, -0.1) is 0 Å². The molecule has 0 bridgehead atoms. The Kier molecular flexibility index (Phi) is 4.29. The minimum absolute atomic E-state index is 0.266. The van der Waals surface area contributed by atoms with Crippen LogP contribution in [-0.4, -0.2) is 21.6 Å². The van der Waals surface area contributed by atoms with Crippen LogP contribution in [0.3, 0.4) is 0 Å². The number of nitrogens with two attached hydrogens (primary N) is 1. The number of hydrogen-bond donors (Lipinski definition) is 2. The lowest BCUT2D eigenvalue weighted by Crippen LogP contribution is -2.21. The van der Waals surface area contributed by atoms with Crippen LogP contribution in [0.4, 0.5) is 5.69 Å². The molecule has 0 spiro atoms. The van der Waals surface area contributed by atoms with E-state index in [0.29, 0.717) is 16.0 Å². The molecule has 1 fully saturated rings. The van der Waals surface area contributed by atoms with Gasteiger partial charge in [-0.05, 0) is 53.4 Å². The van der Waals surface area contributed by atoms with Crippen LogP contribution in [0.5, 0.6) is 0 Å². The highest BCUT2D eigenvalue weighted by Crippen LogP contribution is 2.36. The van der Waals surface area contributed by atoms with Crippen LogP contribution in [0.2, 0.25) is 0 Å². The first-order valence-corrected chi connectivity index (χ1v) is 8.61. The van der Waals surface area contributed by atoms with Crippen LogP contribution in [0.1, 0.15) is 45.3 Å². The molecule has 120 valence electrons. The summed E-state index contributed by atoms with van der Waals surface area (Å²) in [6.45, 7) is 1.81. The smallest absolute Gasteiger partial charge is 0.274 e. The Hall–Kier alpha value is -1.67. The van der Waals surface area contributed by atoms with Crippen LogP contribution in [0.15, 0.2) is 27.3 Å². The number of hydrogen-bond acceptors (Lipinski definition) is 3. The number of amides is 2. The zero-order valence-corrected chi connectivity index (χ0v) is 15.4. The van der Waals surface area contributed by atoms with Crippen molar-refractivity contribution >= 4 is 49.4 Å². The van der Waals surface area contributed by atoms with Crippen molar-refractivity contribution in [2.24, 2.45) is 5.73 Å². The number of carbonyl (C=O) groups is 2. The van der Waals surface area contributed by atoms with Gasteiger partial charge in [-0.1, -0.05) is 15.9 Å². The van der Waals surface area contributed by atoms with Gasteiger partial charge in [0.05, 0.1) is 17.3 Å². The fourth-order valence-electron chi connectivity index (χ4n) is 2.41. The maximum Gasteiger partial charge on any atom is 0.274 e. The van der Waals surface area contributed by atoms with Crippen LogP contribution >= 0.6 is 31.9 Å². The first kappa shape index (κ1) is 16.2. The molecule has 1 aromatic carbocycles. The summed E-state index contributed by atoms with van der Waals surface area (Å²) in [6.07, 6.45) is 2.02. The molecule has 0 unspecified atom stereocenters. The average Bonchev–Trinajstić information content (AvgIpc) is 3.23. The molecule has 8 heteroatoms. The summed E-state index contributed by atoms with van der Waals surface area (Å²) in [5, 5.41) is 7.10. The molecule has 2 aromatic rings. The minimum atomic E-state index is -0.596. The van der Waals surface area contributed by atoms with Crippen molar-refractivity contribution in [2.75, 3.05) is 5.32 Å². The Morgan fingerprint density at radius 2 is 2.00 bits per heavy atom. The molecule has 1 heterocycles. The van der Waals surface area contributed by atoms with Crippen LogP contribution in [0, 0.1) is 6.92 Å². The van der Waals surface area contributed by atoms with Crippen LogP contribution in [0.25, 0.3) is 0 Å². The molecule has 3 rings (SSSR count). The van der Waals surface area contributed by atoms with E-state index < -0.39 is 5.91 Å². The second kappa shape index (κ2) is 6.09. The lowest BCUT2D eigenvalue weighted by atomic mass is 10.1. The zero-order valence-electron chi connectivity index (χ0n) is 12.3. The SMILES string of the molecule is Cc1cc(Br)cc(C(N)=O)c1NC(=O)c1cc(Br)nn1C1CC1. The van der Waals surface area contributed by atoms with Crippen molar-refractivity contribution in [3.05, 3.63) is 44.1 Å². The van der Waals surface area contributed by atoms with Gasteiger partial charge in [-0.2, -0.15) is 5.10 Å². The zero-order chi connectivity index (χ0) is 16.7. The predicted molar refractivity (Wildman–Crippen MR) is 93.5 cm³/mol. The van der Waals surface area contributed by atoms with Gasteiger partial charge < -0.3 is 11.1 Å². The molecule has 1 aliphatic rings. The van der Waals surface area contributed by atoms with Gasteiger partial charge in [-0.25, -0.2) is 0 Å². The van der Waals surface area contributed by atoms with Crippen molar-refractivity contribution in [1.82, 2.24) is 9.78 Å². The molecule has 2 amide bonds. The number of carbonyl (C=O) groups excluding carboxylic acids is 2. The van der Waals surface area contributed by atoms with Gasteiger partial charge in [0, 0.05) is 10.5 Å². The first-order chi connectivity index (χ1) is 10.9. The van der Waals surface area contributed by atoms with E-state index in [9.17, 15) is 9.59 Å². The van der Waals surface area contributed by atoms with Gasteiger partial charge >= 0.3 is 0 Å². The number of nitrogens with one attached hydrogen (secondary N) is 1. The van der Waals surface area contributed by atoms with Gasteiger partial charge in [-0.3, -0.25) is 14.3 Å². The van der Waals surface area contributed by atoms with Gasteiger partial charge in [0.15, 0.2) is 0 Å². The molecule has 0 radical (unpaired) electrons. The van der Waals surface area contributed by atoms with E-state index >= 15 is 0 Å².